The van der Waals surface area contributed by atoms with Crippen LogP contribution in [0.25, 0.3) is 11.3 Å². The van der Waals surface area contributed by atoms with E-state index in [4.69, 9.17) is 45.8 Å². The Bertz CT molecular complexity index is 662. The van der Waals surface area contributed by atoms with Crippen molar-refractivity contribution in [3.05, 3.63) is 45.0 Å². The monoisotopic (exact) mass is 297 g/mol. The summed E-state index contributed by atoms with van der Waals surface area (Å²) in [6.45, 7) is 0. The SMILES string of the molecule is N#Cc1ccnc(-c2cc(Cl)c(Cl)cc2Cl)c1N. The molecular weight excluding hydrogens is 293 g/mol. The lowest BCUT2D eigenvalue weighted by Gasteiger charge is -2.09. The minimum absolute atomic E-state index is 0.264. The fourth-order valence-corrected chi connectivity index (χ4v) is 2.13. The van der Waals surface area contributed by atoms with E-state index in [2.05, 4.69) is 4.98 Å². The molecule has 0 aliphatic rings. The predicted molar refractivity (Wildman–Crippen MR) is 73.8 cm³/mol. The van der Waals surface area contributed by atoms with Crippen molar-refractivity contribution in [3.63, 3.8) is 0 Å². The van der Waals surface area contributed by atoms with Gasteiger partial charge in [-0.25, -0.2) is 0 Å². The maximum Gasteiger partial charge on any atom is 0.101 e. The summed E-state index contributed by atoms with van der Waals surface area (Å²) < 4.78 is 0. The Morgan fingerprint density at radius 2 is 1.78 bits per heavy atom. The van der Waals surface area contributed by atoms with Gasteiger partial charge in [0.15, 0.2) is 0 Å². The Kier molecular flexibility index (Phi) is 3.63. The number of aromatic nitrogens is 1. The van der Waals surface area contributed by atoms with Crippen LogP contribution in [0.3, 0.4) is 0 Å². The van der Waals surface area contributed by atoms with Gasteiger partial charge in [-0.1, -0.05) is 34.8 Å². The highest BCUT2D eigenvalue weighted by Gasteiger charge is 2.14. The lowest BCUT2D eigenvalue weighted by atomic mass is 10.1. The minimum atomic E-state index is 0.264. The first kappa shape index (κ1) is 13.0. The summed E-state index contributed by atoms with van der Waals surface area (Å²) in [7, 11) is 0. The van der Waals surface area contributed by atoms with Crippen molar-refractivity contribution in [2.24, 2.45) is 0 Å². The summed E-state index contributed by atoms with van der Waals surface area (Å²) in [5, 5.41) is 9.99. The van der Waals surface area contributed by atoms with Crippen molar-refractivity contribution in [2.75, 3.05) is 5.73 Å². The van der Waals surface area contributed by atoms with Crippen LogP contribution in [0.1, 0.15) is 5.56 Å². The molecule has 6 heteroatoms. The third kappa shape index (κ3) is 2.23. The number of nitrogens with zero attached hydrogens (tertiary/aromatic N) is 2. The number of hydrogen-bond donors (Lipinski definition) is 1. The predicted octanol–water partition coefficient (Wildman–Crippen LogP) is 4.16. The van der Waals surface area contributed by atoms with Gasteiger partial charge in [-0.2, -0.15) is 5.26 Å². The number of nitrogen functional groups attached to an aromatic ring is 1. The molecule has 0 saturated heterocycles. The van der Waals surface area contributed by atoms with Gasteiger partial charge < -0.3 is 5.73 Å². The fourth-order valence-electron chi connectivity index (χ4n) is 1.49. The van der Waals surface area contributed by atoms with Crippen molar-refractivity contribution in [1.29, 1.82) is 5.26 Å². The zero-order chi connectivity index (χ0) is 13.3. The Labute approximate surface area is 119 Å². The van der Waals surface area contributed by atoms with Crippen molar-refractivity contribution < 1.29 is 0 Å². The van der Waals surface area contributed by atoms with Gasteiger partial charge in [0, 0.05) is 11.8 Å². The lowest BCUT2D eigenvalue weighted by molar-refractivity contribution is 1.31. The van der Waals surface area contributed by atoms with Crippen molar-refractivity contribution in [2.45, 2.75) is 0 Å². The van der Waals surface area contributed by atoms with Crippen molar-refractivity contribution in [3.8, 4) is 17.3 Å². The number of nitriles is 1. The highest BCUT2D eigenvalue weighted by Crippen LogP contribution is 2.37. The van der Waals surface area contributed by atoms with Gasteiger partial charge in [0.1, 0.15) is 6.07 Å². The average Bonchev–Trinajstić information content (AvgIpc) is 2.34. The molecule has 0 amide bonds. The molecule has 3 nitrogen and oxygen atoms in total. The van der Waals surface area contributed by atoms with Crippen molar-refractivity contribution >= 4 is 40.5 Å². The molecule has 1 heterocycles. The molecule has 0 aliphatic carbocycles. The Balaban J connectivity index is 2.71. The molecule has 0 spiro atoms. The largest absolute Gasteiger partial charge is 0.396 e. The smallest absolute Gasteiger partial charge is 0.101 e. The summed E-state index contributed by atoms with van der Waals surface area (Å²) in [6.07, 6.45) is 1.49. The number of rotatable bonds is 1. The second-order valence-corrected chi connectivity index (χ2v) is 4.70. The van der Waals surface area contributed by atoms with Crippen LogP contribution in [0, 0.1) is 11.3 Å². The van der Waals surface area contributed by atoms with Crippen LogP contribution in [-0.2, 0) is 0 Å². The molecule has 1 aromatic carbocycles. The van der Waals surface area contributed by atoms with E-state index in [9.17, 15) is 0 Å². The number of benzene rings is 1. The molecule has 90 valence electrons. The normalized spacial score (nSPS) is 10.1. The molecule has 2 aromatic rings. The molecular formula is C12H6Cl3N3. The molecule has 0 bridgehead atoms. The van der Waals surface area contributed by atoms with E-state index in [-0.39, 0.29) is 5.69 Å². The van der Waals surface area contributed by atoms with Crippen LogP contribution in [-0.4, -0.2) is 4.98 Å². The van der Waals surface area contributed by atoms with E-state index < -0.39 is 0 Å². The zero-order valence-electron chi connectivity index (χ0n) is 8.92. The molecule has 0 atom stereocenters. The van der Waals surface area contributed by atoms with E-state index in [1.54, 1.807) is 6.07 Å². The molecule has 2 rings (SSSR count). The topological polar surface area (TPSA) is 62.7 Å². The van der Waals surface area contributed by atoms with Gasteiger partial charge in [0.2, 0.25) is 0 Å². The molecule has 0 aliphatic heterocycles. The molecule has 2 N–H and O–H groups in total. The average molecular weight is 299 g/mol. The number of nitrogens with two attached hydrogens (primary N) is 1. The summed E-state index contributed by atoms with van der Waals surface area (Å²) in [4.78, 5) is 4.13. The molecule has 0 unspecified atom stereocenters. The van der Waals surface area contributed by atoms with E-state index in [1.807, 2.05) is 6.07 Å². The third-order valence-corrected chi connectivity index (χ3v) is 3.41. The first-order chi connectivity index (χ1) is 8.54. The van der Waals surface area contributed by atoms with Gasteiger partial charge in [-0.15, -0.1) is 0 Å². The first-order valence-electron chi connectivity index (χ1n) is 4.84. The van der Waals surface area contributed by atoms with Crippen molar-refractivity contribution in [1.82, 2.24) is 4.98 Å². The van der Waals surface area contributed by atoms with Crippen LogP contribution in [0.4, 0.5) is 5.69 Å². The van der Waals surface area contributed by atoms with Gasteiger partial charge in [-0.3, -0.25) is 4.98 Å². The number of anilines is 1. The minimum Gasteiger partial charge on any atom is -0.396 e. The molecule has 18 heavy (non-hydrogen) atoms. The van der Waals surface area contributed by atoms with Crippen LogP contribution in [0.15, 0.2) is 24.4 Å². The second kappa shape index (κ2) is 5.03. The Hall–Kier alpha value is -1.47. The Morgan fingerprint density at radius 1 is 1.11 bits per heavy atom. The zero-order valence-corrected chi connectivity index (χ0v) is 11.2. The van der Waals surface area contributed by atoms with Gasteiger partial charge >= 0.3 is 0 Å². The maximum absolute atomic E-state index is 8.92. The number of halogens is 3. The standard InChI is InChI=1S/C12H6Cl3N3/c13-8-4-10(15)9(14)3-7(8)12-11(17)6(5-16)1-2-18-12/h1-4H,17H2. The van der Waals surface area contributed by atoms with Gasteiger partial charge in [0.25, 0.3) is 0 Å². The molecule has 0 radical (unpaired) electrons. The van der Waals surface area contributed by atoms with Crippen LogP contribution >= 0.6 is 34.8 Å². The summed E-state index contributed by atoms with van der Waals surface area (Å²) >= 11 is 17.9. The van der Waals surface area contributed by atoms with Crippen LogP contribution < -0.4 is 5.73 Å². The van der Waals surface area contributed by atoms with Crippen LogP contribution in [0.5, 0.6) is 0 Å². The summed E-state index contributed by atoms with van der Waals surface area (Å²) in [5.41, 5.74) is 7.42. The lowest BCUT2D eigenvalue weighted by Crippen LogP contribution is -1.97. The van der Waals surface area contributed by atoms with Gasteiger partial charge in [0.05, 0.1) is 32.0 Å². The fraction of sp³-hybridized carbons (Fsp3) is 0. The maximum atomic E-state index is 8.92. The van der Waals surface area contributed by atoms with Crippen LogP contribution in [0.2, 0.25) is 15.1 Å². The molecule has 0 saturated carbocycles. The van der Waals surface area contributed by atoms with E-state index in [0.29, 0.717) is 31.9 Å². The number of pyridine rings is 1. The highest BCUT2D eigenvalue weighted by molar-refractivity contribution is 6.44. The summed E-state index contributed by atoms with van der Waals surface area (Å²) in [5.74, 6) is 0. The molecule has 0 fully saturated rings. The highest BCUT2D eigenvalue weighted by atomic mass is 35.5. The van der Waals surface area contributed by atoms with E-state index >= 15 is 0 Å². The first-order valence-corrected chi connectivity index (χ1v) is 5.97. The van der Waals surface area contributed by atoms with E-state index in [0.717, 1.165) is 0 Å². The van der Waals surface area contributed by atoms with E-state index in [1.165, 1.54) is 18.3 Å². The van der Waals surface area contributed by atoms with Gasteiger partial charge in [-0.05, 0) is 18.2 Å². The Morgan fingerprint density at radius 3 is 2.44 bits per heavy atom. The second-order valence-electron chi connectivity index (χ2n) is 3.48. The quantitative estimate of drug-likeness (QED) is 0.804. The summed E-state index contributed by atoms with van der Waals surface area (Å²) in [6, 6.07) is 6.61. The number of hydrogen-bond acceptors (Lipinski definition) is 3. The third-order valence-electron chi connectivity index (χ3n) is 2.38. The molecule has 1 aromatic heterocycles.